The molecule has 3 rings (SSSR count). The molecule has 2 saturated heterocycles. The Bertz CT molecular complexity index is 475. The summed E-state index contributed by atoms with van der Waals surface area (Å²) in [5.74, 6) is 1.37. The third-order valence-electron chi connectivity index (χ3n) is 4.83. The van der Waals surface area contributed by atoms with Crippen molar-refractivity contribution < 1.29 is 14.6 Å². The topological polar surface area (TPSA) is 54.0 Å². The number of benzene rings is 1. The fourth-order valence-electron chi connectivity index (χ4n) is 3.68. The molecular weight excluding hydrogens is 351 g/mol. The van der Waals surface area contributed by atoms with Crippen molar-refractivity contribution in [1.82, 2.24) is 10.2 Å². The first-order valence-corrected chi connectivity index (χ1v) is 8.19. The summed E-state index contributed by atoms with van der Waals surface area (Å²) in [6, 6.07) is 6.07. The third kappa shape index (κ3) is 4.67. The van der Waals surface area contributed by atoms with Crippen LogP contribution in [0.5, 0.6) is 11.5 Å². The maximum absolute atomic E-state index is 10.6. The summed E-state index contributed by atoms with van der Waals surface area (Å²) >= 11 is 0. The summed E-state index contributed by atoms with van der Waals surface area (Å²) < 4.78 is 10.8. The summed E-state index contributed by atoms with van der Waals surface area (Å²) in [7, 11) is 1.60. The van der Waals surface area contributed by atoms with Crippen LogP contribution in [0.15, 0.2) is 18.2 Å². The van der Waals surface area contributed by atoms with Gasteiger partial charge in [-0.15, -0.1) is 24.8 Å². The number of ether oxygens (including phenoxy) is 2. The molecule has 2 N–H and O–H groups in total. The summed E-state index contributed by atoms with van der Waals surface area (Å²) in [4.78, 5) is 2.50. The number of aromatic hydroxyl groups is 1. The van der Waals surface area contributed by atoms with Gasteiger partial charge in [0, 0.05) is 51.0 Å². The Morgan fingerprint density at radius 1 is 1.21 bits per heavy atom. The molecule has 2 heterocycles. The highest BCUT2D eigenvalue weighted by atomic mass is 35.5. The van der Waals surface area contributed by atoms with Crippen molar-refractivity contribution in [2.45, 2.75) is 18.9 Å². The van der Waals surface area contributed by atoms with Gasteiger partial charge in [0.2, 0.25) is 0 Å². The zero-order valence-electron chi connectivity index (χ0n) is 14.1. The van der Waals surface area contributed by atoms with Crippen LogP contribution in [0.2, 0.25) is 0 Å². The Hall–Kier alpha value is -0.720. The van der Waals surface area contributed by atoms with Gasteiger partial charge in [0.1, 0.15) is 0 Å². The summed E-state index contributed by atoms with van der Waals surface area (Å²) in [5.41, 5.74) is 0.994. The molecule has 0 spiro atoms. The van der Waals surface area contributed by atoms with Crippen LogP contribution < -0.4 is 10.1 Å². The Morgan fingerprint density at radius 3 is 2.50 bits per heavy atom. The lowest BCUT2D eigenvalue weighted by atomic mass is 9.85. The van der Waals surface area contributed by atoms with Crippen molar-refractivity contribution in [2.24, 2.45) is 5.92 Å². The molecule has 24 heavy (non-hydrogen) atoms. The number of nitrogens with one attached hydrogen (secondary N) is 1. The normalized spacial score (nSPS) is 20.5. The number of nitrogens with zero attached hydrogens (tertiary/aromatic N) is 1. The van der Waals surface area contributed by atoms with Crippen LogP contribution in [0.3, 0.4) is 0 Å². The minimum atomic E-state index is 0. The van der Waals surface area contributed by atoms with Crippen molar-refractivity contribution in [1.29, 1.82) is 0 Å². The molecule has 0 radical (unpaired) electrons. The minimum Gasteiger partial charge on any atom is -0.504 e. The van der Waals surface area contributed by atoms with E-state index in [0.29, 0.717) is 17.4 Å². The molecule has 2 fully saturated rings. The lowest BCUT2D eigenvalue weighted by Gasteiger charge is -2.41. The van der Waals surface area contributed by atoms with Gasteiger partial charge in [0.05, 0.1) is 7.11 Å². The molecule has 0 aliphatic carbocycles. The Balaban J connectivity index is 0.00000144. The SMILES string of the molecule is COc1cccc([C@H](C2CCOCC2)N2CCNCC2)c1O.Cl.Cl. The van der Waals surface area contributed by atoms with Gasteiger partial charge in [0.15, 0.2) is 11.5 Å². The van der Waals surface area contributed by atoms with Gasteiger partial charge in [-0.1, -0.05) is 12.1 Å². The van der Waals surface area contributed by atoms with Gasteiger partial charge < -0.3 is 19.9 Å². The van der Waals surface area contributed by atoms with Gasteiger partial charge in [-0.2, -0.15) is 0 Å². The fraction of sp³-hybridized carbons (Fsp3) is 0.647. The van der Waals surface area contributed by atoms with E-state index in [4.69, 9.17) is 9.47 Å². The molecule has 1 aromatic carbocycles. The van der Waals surface area contributed by atoms with Crippen LogP contribution in [0.25, 0.3) is 0 Å². The van der Waals surface area contributed by atoms with Crippen LogP contribution >= 0.6 is 24.8 Å². The highest BCUT2D eigenvalue weighted by Crippen LogP contribution is 2.42. The standard InChI is InChI=1S/C17H26N2O3.2ClH/c1-21-15-4-2-3-14(17(15)20)16(13-5-11-22-12-6-13)19-9-7-18-8-10-19;;/h2-4,13,16,18,20H,5-12H2,1H3;2*1H/t16-;;/m0../s1. The third-order valence-corrected chi connectivity index (χ3v) is 4.83. The molecule has 0 unspecified atom stereocenters. The van der Waals surface area contributed by atoms with Gasteiger partial charge in [-0.25, -0.2) is 0 Å². The lowest BCUT2D eigenvalue weighted by molar-refractivity contribution is 0.0205. The van der Waals surface area contributed by atoms with Gasteiger partial charge in [0.25, 0.3) is 0 Å². The molecule has 0 saturated carbocycles. The van der Waals surface area contributed by atoms with E-state index in [2.05, 4.69) is 10.2 Å². The predicted octanol–water partition coefficient (Wildman–Crippen LogP) is 2.62. The van der Waals surface area contributed by atoms with Crippen molar-refractivity contribution in [3.05, 3.63) is 23.8 Å². The van der Waals surface area contributed by atoms with E-state index in [1.807, 2.05) is 18.2 Å². The number of phenolic OH excluding ortho intramolecular Hbond substituents is 1. The second kappa shape index (κ2) is 10.3. The average molecular weight is 379 g/mol. The van der Waals surface area contributed by atoms with E-state index in [1.165, 1.54) is 0 Å². The maximum Gasteiger partial charge on any atom is 0.162 e. The van der Waals surface area contributed by atoms with E-state index in [0.717, 1.165) is 57.8 Å². The molecule has 0 bridgehead atoms. The molecule has 1 atom stereocenters. The number of hydrogen-bond donors (Lipinski definition) is 2. The number of rotatable bonds is 4. The second-order valence-corrected chi connectivity index (χ2v) is 6.08. The Labute approximate surface area is 156 Å². The first kappa shape index (κ1) is 21.3. The van der Waals surface area contributed by atoms with Crippen LogP contribution in [0, 0.1) is 5.92 Å². The lowest BCUT2D eigenvalue weighted by Crippen LogP contribution is -2.47. The van der Waals surface area contributed by atoms with E-state index < -0.39 is 0 Å². The van der Waals surface area contributed by atoms with E-state index >= 15 is 0 Å². The van der Waals surface area contributed by atoms with Crippen LogP contribution in [-0.2, 0) is 4.74 Å². The second-order valence-electron chi connectivity index (χ2n) is 6.08. The summed E-state index contributed by atoms with van der Waals surface area (Å²) in [5, 5.41) is 14.0. The highest BCUT2D eigenvalue weighted by Gasteiger charge is 2.33. The smallest absolute Gasteiger partial charge is 0.162 e. The first-order valence-electron chi connectivity index (χ1n) is 8.19. The largest absolute Gasteiger partial charge is 0.504 e. The number of para-hydroxylation sites is 1. The summed E-state index contributed by atoms with van der Waals surface area (Å²) in [6.07, 6.45) is 2.09. The number of halogens is 2. The van der Waals surface area contributed by atoms with Gasteiger partial charge in [-0.05, 0) is 24.8 Å². The molecule has 0 aromatic heterocycles. The number of piperazine rings is 1. The van der Waals surface area contributed by atoms with Crippen molar-refractivity contribution in [3.63, 3.8) is 0 Å². The van der Waals surface area contributed by atoms with E-state index in [9.17, 15) is 5.11 Å². The number of methoxy groups -OCH3 is 1. The maximum atomic E-state index is 10.6. The average Bonchev–Trinajstić information content (AvgIpc) is 2.59. The van der Waals surface area contributed by atoms with Gasteiger partial charge in [-0.3, -0.25) is 4.90 Å². The zero-order chi connectivity index (χ0) is 15.4. The van der Waals surface area contributed by atoms with Crippen molar-refractivity contribution >= 4 is 24.8 Å². The fourth-order valence-corrected chi connectivity index (χ4v) is 3.68. The molecule has 138 valence electrons. The highest BCUT2D eigenvalue weighted by molar-refractivity contribution is 5.85. The Morgan fingerprint density at radius 2 is 1.88 bits per heavy atom. The molecule has 2 aliphatic heterocycles. The first-order chi connectivity index (χ1) is 10.8. The van der Waals surface area contributed by atoms with Gasteiger partial charge >= 0.3 is 0 Å². The number of hydrogen-bond acceptors (Lipinski definition) is 5. The zero-order valence-corrected chi connectivity index (χ0v) is 15.7. The molecular formula is C17H28Cl2N2O3. The molecule has 7 heteroatoms. The monoisotopic (exact) mass is 378 g/mol. The molecule has 5 nitrogen and oxygen atoms in total. The quantitative estimate of drug-likeness (QED) is 0.843. The van der Waals surface area contributed by atoms with Crippen LogP contribution in [0.1, 0.15) is 24.4 Å². The van der Waals surface area contributed by atoms with Crippen LogP contribution in [-0.4, -0.2) is 56.5 Å². The van der Waals surface area contributed by atoms with Crippen LogP contribution in [0.4, 0.5) is 0 Å². The van der Waals surface area contributed by atoms with Crippen molar-refractivity contribution in [3.8, 4) is 11.5 Å². The van der Waals surface area contributed by atoms with Crippen molar-refractivity contribution in [2.75, 3.05) is 46.5 Å². The van der Waals surface area contributed by atoms with E-state index in [-0.39, 0.29) is 30.9 Å². The molecule has 2 aliphatic rings. The number of phenols is 1. The predicted molar refractivity (Wildman–Crippen MR) is 99.9 cm³/mol. The molecule has 0 amide bonds. The minimum absolute atomic E-state index is 0. The molecule has 1 aromatic rings. The summed E-state index contributed by atoms with van der Waals surface area (Å²) in [6.45, 7) is 5.67. The Kier molecular flexibility index (Phi) is 9.16. The van der Waals surface area contributed by atoms with E-state index in [1.54, 1.807) is 7.11 Å².